The van der Waals surface area contributed by atoms with Crippen LogP contribution in [0.25, 0.3) is 17.5 Å². The third kappa shape index (κ3) is 4.28. The van der Waals surface area contributed by atoms with Crippen molar-refractivity contribution in [3.8, 4) is 17.2 Å². The predicted octanol–water partition coefficient (Wildman–Crippen LogP) is 2.77. The van der Waals surface area contributed by atoms with Gasteiger partial charge in [0.25, 0.3) is 5.22 Å². The Hall–Kier alpha value is -3.13. The van der Waals surface area contributed by atoms with Gasteiger partial charge in [-0.05, 0) is 59.8 Å². The quantitative estimate of drug-likeness (QED) is 0.486. The zero-order valence-corrected chi connectivity index (χ0v) is 14.3. The molecule has 0 aliphatic rings. The Morgan fingerprint density at radius 2 is 1.85 bits per heavy atom. The lowest BCUT2D eigenvalue weighted by atomic mass is 10.2. The van der Waals surface area contributed by atoms with Crippen LogP contribution in [0.5, 0.6) is 5.75 Å². The minimum Gasteiger partial charge on any atom is -0.544 e. The van der Waals surface area contributed by atoms with Crippen molar-refractivity contribution in [2.45, 2.75) is 5.22 Å². The molecule has 0 saturated carbocycles. The first-order valence-corrected chi connectivity index (χ1v) is 8.21. The van der Waals surface area contributed by atoms with Gasteiger partial charge in [0, 0.05) is 10.5 Å². The van der Waals surface area contributed by atoms with E-state index < -0.39 is 5.97 Å². The van der Waals surface area contributed by atoms with Gasteiger partial charge in [-0.1, -0.05) is 12.1 Å². The summed E-state index contributed by atoms with van der Waals surface area (Å²) in [7, 11) is 1.54. The molecule has 0 N–H and O–H groups in total. The van der Waals surface area contributed by atoms with E-state index in [0.717, 1.165) is 11.8 Å². The van der Waals surface area contributed by atoms with E-state index in [1.807, 2.05) is 0 Å². The van der Waals surface area contributed by atoms with Gasteiger partial charge in [-0.3, -0.25) is 0 Å². The summed E-state index contributed by atoms with van der Waals surface area (Å²) in [4.78, 5) is 11.3. The van der Waals surface area contributed by atoms with Crippen molar-refractivity contribution in [3.05, 3.63) is 64.8 Å². The number of aromatic nitrogens is 2. The third-order valence-electron chi connectivity index (χ3n) is 3.31. The molecule has 2 aromatic carbocycles. The van der Waals surface area contributed by atoms with E-state index >= 15 is 0 Å². The lowest BCUT2D eigenvalue weighted by molar-refractivity contribution is -0.298. The number of carboxylic acid groups (broad SMARTS) is 1. The number of hydrogen-bond acceptors (Lipinski definition) is 7. The molecule has 0 radical (unpaired) electrons. The first-order chi connectivity index (χ1) is 12.5. The number of benzene rings is 2. The number of aliphatic carboxylic acids is 1. The molecule has 6 nitrogen and oxygen atoms in total. The molecule has 0 fully saturated rings. The van der Waals surface area contributed by atoms with Crippen LogP contribution in [0, 0.1) is 5.82 Å². The molecule has 0 atom stereocenters. The smallest absolute Gasteiger partial charge is 0.281 e. The number of thioether (sulfide) groups is 1. The van der Waals surface area contributed by atoms with Gasteiger partial charge in [-0.15, -0.1) is 10.2 Å². The summed E-state index contributed by atoms with van der Waals surface area (Å²) in [6.07, 6.45) is 1.43. The van der Waals surface area contributed by atoms with Crippen molar-refractivity contribution in [1.82, 2.24) is 10.2 Å². The number of carbonyl (C=O) groups is 1. The minimum atomic E-state index is -1.37. The summed E-state index contributed by atoms with van der Waals surface area (Å²) < 4.78 is 23.5. The van der Waals surface area contributed by atoms with Gasteiger partial charge in [0.15, 0.2) is 0 Å². The number of hydrogen-bond donors (Lipinski definition) is 0. The van der Waals surface area contributed by atoms with Gasteiger partial charge in [0.05, 0.1) is 13.1 Å². The lowest BCUT2D eigenvalue weighted by Crippen LogP contribution is -2.23. The van der Waals surface area contributed by atoms with Gasteiger partial charge >= 0.3 is 0 Å². The summed E-state index contributed by atoms with van der Waals surface area (Å²) in [6.45, 7) is 0. The summed E-state index contributed by atoms with van der Waals surface area (Å²) in [5.74, 6) is -0.933. The molecule has 0 unspecified atom stereocenters. The van der Waals surface area contributed by atoms with Crippen LogP contribution in [0.4, 0.5) is 4.39 Å². The van der Waals surface area contributed by atoms with E-state index in [4.69, 9.17) is 9.15 Å². The molecule has 8 heteroatoms. The van der Waals surface area contributed by atoms with E-state index in [-0.39, 0.29) is 21.8 Å². The molecular weight excluding hydrogens is 359 g/mol. The van der Waals surface area contributed by atoms with E-state index in [9.17, 15) is 14.3 Å². The molecule has 1 heterocycles. The van der Waals surface area contributed by atoms with Gasteiger partial charge in [0.2, 0.25) is 5.89 Å². The highest BCUT2D eigenvalue weighted by atomic mass is 32.2. The Morgan fingerprint density at radius 3 is 2.46 bits per heavy atom. The van der Waals surface area contributed by atoms with Crippen LogP contribution < -0.4 is 9.84 Å². The van der Waals surface area contributed by atoms with Crippen molar-refractivity contribution in [2.75, 3.05) is 7.11 Å². The Kier molecular flexibility index (Phi) is 5.33. The molecule has 0 bridgehead atoms. The van der Waals surface area contributed by atoms with Crippen molar-refractivity contribution < 1.29 is 23.4 Å². The molecule has 1 aromatic heterocycles. The molecule has 3 rings (SSSR count). The average molecular weight is 371 g/mol. The maximum atomic E-state index is 13.0. The van der Waals surface area contributed by atoms with Crippen molar-refractivity contribution >= 4 is 23.8 Å². The molecule has 3 aromatic rings. The second-order valence-corrected chi connectivity index (χ2v) is 6.04. The van der Waals surface area contributed by atoms with Gasteiger partial charge in [-0.2, -0.15) is 0 Å². The third-order valence-corrected chi connectivity index (χ3v) is 4.15. The molecule has 0 aliphatic heterocycles. The van der Waals surface area contributed by atoms with Crippen molar-refractivity contribution in [2.24, 2.45) is 0 Å². The van der Waals surface area contributed by atoms with Gasteiger partial charge < -0.3 is 19.1 Å². The number of carbonyl (C=O) groups excluding carboxylic acids is 1. The van der Waals surface area contributed by atoms with Crippen molar-refractivity contribution in [1.29, 1.82) is 0 Å². The van der Waals surface area contributed by atoms with Crippen molar-refractivity contribution in [3.63, 3.8) is 0 Å². The van der Waals surface area contributed by atoms with Crippen LogP contribution >= 0.6 is 11.8 Å². The Bertz CT molecular complexity index is 937. The maximum absolute atomic E-state index is 13.0. The molecule has 0 saturated heterocycles. The number of methoxy groups -OCH3 is 1. The highest BCUT2D eigenvalue weighted by Gasteiger charge is 2.12. The molecule has 0 spiro atoms. The topological polar surface area (TPSA) is 88.3 Å². The standard InChI is InChI=1S/C18H13FN2O4S/c1-24-14-8-2-11(3-9-14)10-15(17(22)23)26-18-21-20-16(25-18)12-4-6-13(19)7-5-12/h2-10H,1H3,(H,22,23)/p-1/b15-10+. The summed E-state index contributed by atoms with van der Waals surface area (Å²) in [6, 6.07) is 12.4. The van der Waals surface area contributed by atoms with Crippen LogP contribution in [-0.4, -0.2) is 23.3 Å². The zero-order valence-electron chi connectivity index (χ0n) is 13.5. The molecular formula is C18H12FN2O4S-. The second kappa shape index (κ2) is 7.83. The average Bonchev–Trinajstić information content (AvgIpc) is 3.11. The Labute approximate surface area is 152 Å². The van der Waals surface area contributed by atoms with E-state index in [2.05, 4.69) is 10.2 Å². The Balaban J connectivity index is 1.81. The summed E-state index contributed by atoms with van der Waals surface area (Å²) in [5, 5.41) is 19.1. The SMILES string of the molecule is COc1ccc(/C=C(/Sc2nnc(-c3ccc(F)cc3)o2)C(=O)[O-])cc1. The summed E-state index contributed by atoms with van der Waals surface area (Å²) in [5.41, 5.74) is 1.18. The van der Waals surface area contributed by atoms with E-state index in [1.54, 1.807) is 31.4 Å². The second-order valence-electron chi connectivity index (χ2n) is 5.05. The molecule has 132 valence electrons. The monoisotopic (exact) mass is 371 g/mol. The lowest BCUT2D eigenvalue weighted by Gasteiger charge is -2.06. The first-order valence-electron chi connectivity index (χ1n) is 7.39. The number of rotatable bonds is 6. The highest BCUT2D eigenvalue weighted by molar-refractivity contribution is 8.03. The molecule has 0 aliphatic carbocycles. The van der Waals surface area contributed by atoms with E-state index in [1.165, 1.54) is 30.3 Å². The maximum Gasteiger partial charge on any atom is 0.281 e. The molecule has 0 amide bonds. The summed E-state index contributed by atoms with van der Waals surface area (Å²) >= 11 is 0.774. The molecule has 26 heavy (non-hydrogen) atoms. The highest BCUT2D eigenvalue weighted by Crippen LogP contribution is 2.29. The Morgan fingerprint density at radius 1 is 1.15 bits per heavy atom. The fraction of sp³-hybridized carbons (Fsp3) is 0.0556. The van der Waals surface area contributed by atoms with Crippen LogP contribution in [0.15, 0.2) is 63.1 Å². The number of nitrogens with zero attached hydrogens (tertiary/aromatic N) is 2. The predicted molar refractivity (Wildman–Crippen MR) is 91.5 cm³/mol. The van der Waals surface area contributed by atoms with Gasteiger partial charge in [0.1, 0.15) is 11.6 Å². The minimum absolute atomic E-state index is 0.0355. The fourth-order valence-electron chi connectivity index (χ4n) is 2.04. The first kappa shape index (κ1) is 17.7. The zero-order chi connectivity index (χ0) is 18.5. The largest absolute Gasteiger partial charge is 0.544 e. The number of ether oxygens (including phenoxy) is 1. The van der Waals surface area contributed by atoms with Crippen LogP contribution in [-0.2, 0) is 4.79 Å². The van der Waals surface area contributed by atoms with Crippen LogP contribution in [0.3, 0.4) is 0 Å². The van der Waals surface area contributed by atoms with Gasteiger partial charge in [-0.25, -0.2) is 4.39 Å². The normalized spacial score (nSPS) is 11.4. The van der Waals surface area contributed by atoms with Crippen LogP contribution in [0.2, 0.25) is 0 Å². The van der Waals surface area contributed by atoms with Crippen LogP contribution in [0.1, 0.15) is 5.56 Å². The fourth-order valence-corrected chi connectivity index (χ4v) is 2.70. The number of halogens is 1. The number of carboxylic acids is 1. The van der Waals surface area contributed by atoms with E-state index in [0.29, 0.717) is 16.9 Å².